The van der Waals surface area contributed by atoms with Crippen LogP contribution in [0.25, 0.3) is 0 Å². The zero-order chi connectivity index (χ0) is 26.5. The van der Waals surface area contributed by atoms with Crippen molar-refractivity contribution >= 4 is 35.3 Å². The first-order valence-electron chi connectivity index (χ1n) is 10.8. The summed E-state index contributed by atoms with van der Waals surface area (Å²) in [6.45, 7) is -0.491. The molecule has 0 saturated heterocycles. The van der Waals surface area contributed by atoms with Gasteiger partial charge in [0.2, 0.25) is 0 Å². The van der Waals surface area contributed by atoms with Gasteiger partial charge in [-0.15, -0.1) is 0 Å². The fourth-order valence-electron chi connectivity index (χ4n) is 3.23. The molecule has 0 fully saturated rings. The minimum Gasteiger partial charge on any atom is -0.480 e. The van der Waals surface area contributed by atoms with Gasteiger partial charge in [-0.2, -0.15) is 0 Å². The van der Waals surface area contributed by atoms with E-state index in [1.165, 1.54) is 9.80 Å². The second kappa shape index (κ2) is 14.3. The predicted octanol–water partition coefficient (Wildman–Crippen LogP) is 1.37. The van der Waals surface area contributed by atoms with E-state index in [0.717, 1.165) is 11.1 Å². The average molecular weight is 504 g/mol. The van der Waals surface area contributed by atoms with Crippen molar-refractivity contribution in [2.45, 2.75) is 13.2 Å². The van der Waals surface area contributed by atoms with Gasteiger partial charge in [-0.05, 0) is 35.4 Å². The van der Waals surface area contributed by atoms with E-state index in [9.17, 15) is 19.2 Å². The topological polar surface area (TPSA) is 174 Å². The van der Waals surface area contributed by atoms with Crippen LogP contribution in [0.2, 0.25) is 0 Å². The number of hydrogen-bond acceptors (Lipinski definition) is 8. The summed E-state index contributed by atoms with van der Waals surface area (Å²) in [4.78, 5) is 46.3. The van der Waals surface area contributed by atoms with Crippen molar-refractivity contribution in [1.82, 2.24) is 0 Å². The Morgan fingerprint density at radius 2 is 0.806 bits per heavy atom. The lowest BCUT2D eigenvalue weighted by Gasteiger charge is -2.21. The normalized spacial score (nSPS) is 10.6. The first-order chi connectivity index (χ1) is 17.1. The second-order valence-electron chi connectivity index (χ2n) is 7.73. The van der Waals surface area contributed by atoms with E-state index in [1.807, 2.05) is 0 Å². The lowest BCUT2D eigenvalue weighted by molar-refractivity contribution is -0.138. The average Bonchev–Trinajstić information content (AvgIpc) is 2.80. The maximum absolute atomic E-state index is 11.0. The molecule has 0 atom stereocenters. The minimum atomic E-state index is -1.13. The van der Waals surface area contributed by atoms with Crippen LogP contribution in [0.15, 0.2) is 48.5 Å². The molecular formula is C24H28N2O10. The molecule has 0 aromatic heterocycles. The molecule has 0 saturated carbocycles. The maximum Gasteiger partial charge on any atom is 0.323 e. The lowest BCUT2D eigenvalue weighted by Crippen LogP contribution is -2.34. The molecule has 0 radical (unpaired) electrons. The number of ether oxygens (including phenoxy) is 2. The van der Waals surface area contributed by atoms with Crippen LogP contribution < -0.4 is 9.80 Å². The zero-order valence-electron chi connectivity index (χ0n) is 19.4. The van der Waals surface area contributed by atoms with Gasteiger partial charge in [0.15, 0.2) is 0 Å². The van der Waals surface area contributed by atoms with E-state index in [4.69, 9.17) is 29.9 Å². The van der Waals surface area contributed by atoms with Crippen LogP contribution in [-0.2, 0) is 41.9 Å². The highest BCUT2D eigenvalue weighted by Gasteiger charge is 2.15. The van der Waals surface area contributed by atoms with E-state index < -0.39 is 50.1 Å². The first kappa shape index (κ1) is 28.1. The molecule has 194 valence electrons. The first-order valence-corrected chi connectivity index (χ1v) is 10.8. The van der Waals surface area contributed by atoms with E-state index in [2.05, 4.69) is 0 Å². The SMILES string of the molecule is O=C(O)CN(CC(=O)O)c1ccc(COCCOCc2ccc(N(CC(=O)O)CC(=O)O)cc2)cc1. The van der Waals surface area contributed by atoms with Crippen molar-refractivity contribution in [3.05, 3.63) is 59.7 Å². The van der Waals surface area contributed by atoms with Crippen LogP contribution in [0.4, 0.5) is 11.4 Å². The van der Waals surface area contributed by atoms with Crippen LogP contribution >= 0.6 is 0 Å². The molecule has 12 nitrogen and oxygen atoms in total. The van der Waals surface area contributed by atoms with Gasteiger partial charge in [0.25, 0.3) is 0 Å². The molecular weight excluding hydrogens is 476 g/mol. The van der Waals surface area contributed by atoms with E-state index in [-0.39, 0.29) is 0 Å². The number of anilines is 2. The van der Waals surface area contributed by atoms with E-state index >= 15 is 0 Å². The molecule has 0 amide bonds. The summed E-state index contributed by atoms with van der Waals surface area (Å²) in [6, 6.07) is 13.5. The Labute approximate surface area is 206 Å². The Balaban J connectivity index is 1.74. The molecule has 0 heterocycles. The molecule has 2 aromatic rings. The van der Waals surface area contributed by atoms with Crippen molar-refractivity contribution < 1.29 is 49.1 Å². The highest BCUT2D eigenvalue weighted by atomic mass is 16.5. The van der Waals surface area contributed by atoms with Gasteiger partial charge in [0.05, 0.1) is 26.4 Å². The summed E-state index contributed by atoms with van der Waals surface area (Å²) < 4.78 is 11.1. The maximum atomic E-state index is 11.0. The number of nitrogens with zero attached hydrogens (tertiary/aromatic N) is 2. The summed E-state index contributed by atoms with van der Waals surface area (Å²) in [5, 5.41) is 35.8. The third-order valence-electron chi connectivity index (χ3n) is 4.82. The van der Waals surface area contributed by atoms with Crippen LogP contribution in [0.5, 0.6) is 0 Å². The molecule has 0 aliphatic rings. The third kappa shape index (κ3) is 10.4. The molecule has 0 unspecified atom stereocenters. The van der Waals surface area contributed by atoms with Crippen LogP contribution in [0.1, 0.15) is 11.1 Å². The van der Waals surface area contributed by atoms with Gasteiger partial charge in [-0.3, -0.25) is 19.2 Å². The molecule has 12 heteroatoms. The summed E-state index contributed by atoms with van der Waals surface area (Å²) in [5.41, 5.74) is 2.61. The zero-order valence-corrected chi connectivity index (χ0v) is 19.4. The largest absolute Gasteiger partial charge is 0.480 e. The van der Waals surface area contributed by atoms with Gasteiger partial charge in [0, 0.05) is 11.4 Å². The Kier molecular flexibility index (Phi) is 11.1. The van der Waals surface area contributed by atoms with Crippen LogP contribution in [0.3, 0.4) is 0 Å². The predicted molar refractivity (Wildman–Crippen MR) is 127 cm³/mol. The molecule has 0 bridgehead atoms. The Hall–Kier alpha value is -4.16. The Morgan fingerprint density at radius 3 is 1.06 bits per heavy atom. The number of benzene rings is 2. The van der Waals surface area contributed by atoms with Gasteiger partial charge < -0.3 is 39.7 Å². The Bertz CT molecular complexity index is 909. The van der Waals surface area contributed by atoms with Gasteiger partial charge in [0.1, 0.15) is 26.2 Å². The van der Waals surface area contributed by atoms with Gasteiger partial charge >= 0.3 is 23.9 Å². The highest BCUT2D eigenvalue weighted by molar-refractivity contribution is 5.80. The van der Waals surface area contributed by atoms with Crippen molar-refractivity contribution in [2.24, 2.45) is 0 Å². The minimum absolute atomic E-state index is 0.291. The van der Waals surface area contributed by atoms with Crippen molar-refractivity contribution in [2.75, 3.05) is 49.2 Å². The molecule has 0 spiro atoms. The highest BCUT2D eigenvalue weighted by Crippen LogP contribution is 2.17. The Morgan fingerprint density at radius 1 is 0.528 bits per heavy atom. The van der Waals surface area contributed by atoms with Crippen LogP contribution in [0, 0.1) is 0 Å². The van der Waals surface area contributed by atoms with Crippen molar-refractivity contribution in [3.63, 3.8) is 0 Å². The molecule has 0 aliphatic heterocycles. The quantitative estimate of drug-likeness (QED) is 0.228. The molecule has 2 aromatic carbocycles. The number of carbonyl (C=O) groups is 4. The number of carboxylic acids is 4. The van der Waals surface area contributed by atoms with Gasteiger partial charge in [-0.25, -0.2) is 0 Å². The second-order valence-corrected chi connectivity index (χ2v) is 7.73. The van der Waals surface area contributed by atoms with E-state index in [0.29, 0.717) is 37.8 Å². The van der Waals surface area contributed by atoms with E-state index in [1.54, 1.807) is 48.5 Å². The fraction of sp³-hybridized carbons (Fsp3) is 0.333. The molecule has 2 rings (SSSR count). The van der Waals surface area contributed by atoms with Crippen molar-refractivity contribution in [3.8, 4) is 0 Å². The summed E-state index contributed by atoms with van der Waals surface area (Å²) >= 11 is 0. The third-order valence-corrected chi connectivity index (χ3v) is 4.82. The molecule has 0 aliphatic carbocycles. The number of rotatable bonds is 17. The summed E-state index contributed by atoms with van der Waals surface area (Å²) in [5.74, 6) is -4.51. The smallest absolute Gasteiger partial charge is 0.323 e. The summed E-state index contributed by atoms with van der Waals surface area (Å²) in [7, 11) is 0. The number of aliphatic carboxylic acids is 4. The number of carboxylic acid groups (broad SMARTS) is 4. The molecule has 36 heavy (non-hydrogen) atoms. The monoisotopic (exact) mass is 504 g/mol. The van der Waals surface area contributed by atoms with Gasteiger partial charge in [-0.1, -0.05) is 24.3 Å². The standard InChI is InChI=1S/C24H28N2O10/c27-21(28)11-25(12-22(29)30)19-5-1-17(2-6-19)15-35-9-10-36-16-18-3-7-20(8-4-18)26(13-23(31)32)14-24(33)34/h1-8H,9-16H2,(H,27,28)(H,29,30)(H,31,32)(H,33,34). The van der Waals surface area contributed by atoms with Crippen molar-refractivity contribution in [1.29, 1.82) is 0 Å². The number of hydrogen-bond donors (Lipinski definition) is 4. The van der Waals surface area contributed by atoms with Crippen LogP contribution in [-0.4, -0.2) is 83.7 Å². The fourth-order valence-corrected chi connectivity index (χ4v) is 3.23. The molecule has 4 N–H and O–H groups in total. The summed E-state index contributed by atoms with van der Waals surface area (Å²) in [6.07, 6.45) is 0. The lowest BCUT2D eigenvalue weighted by atomic mass is 10.2.